The number of piperidine rings is 1. The first kappa shape index (κ1) is 20.7. The first-order valence-corrected chi connectivity index (χ1v) is 11.4. The number of fused-ring (bicyclic) bond motifs is 1. The highest BCUT2D eigenvalue weighted by Crippen LogP contribution is 2.34. The lowest BCUT2D eigenvalue weighted by Gasteiger charge is -2.42. The van der Waals surface area contributed by atoms with Crippen molar-refractivity contribution in [2.75, 3.05) is 31.1 Å². The van der Waals surface area contributed by atoms with Gasteiger partial charge in [0.05, 0.1) is 16.9 Å². The number of nitrogens with one attached hydrogen (secondary N) is 1. The largest absolute Gasteiger partial charge is 0.385 e. The highest BCUT2D eigenvalue weighted by molar-refractivity contribution is 6.02. The van der Waals surface area contributed by atoms with Crippen LogP contribution in [0.5, 0.6) is 0 Å². The molecule has 1 unspecified atom stereocenters. The van der Waals surface area contributed by atoms with Crippen LogP contribution in [0.3, 0.4) is 0 Å². The highest BCUT2D eigenvalue weighted by Gasteiger charge is 2.35. The van der Waals surface area contributed by atoms with Crippen LogP contribution >= 0.6 is 0 Å². The second-order valence-corrected chi connectivity index (χ2v) is 8.74. The van der Waals surface area contributed by atoms with Crippen LogP contribution in [-0.2, 0) is 5.60 Å². The number of amides is 1. The number of likely N-dealkylation sites (tertiary alicyclic amines) is 1. The lowest BCUT2D eigenvalue weighted by molar-refractivity contribution is -0.0253. The third kappa shape index (κ3) is 4.01. The molecular weight excluding hydrogens is 398 g/mol. The fraction of sp³-hybridized carbons (Fsp3) is 0.296. The van der Waals surface area contributed by atoms with Crippen molar-refractivity contribution in [2.24, 2.45) is 0 Å². The van der Waals surface area contributed by atoms with Crippen LogP contribution < -0.4 is 10.2 Å². The summed E-state index contributed by atoms with van der Waals surface area (Å²) in [5.74, 6) is -0.0309. The molecule has 5 heteroatoms. The van der Waals surface area contributed by atoms with Crippen molar-refractivity contribution in [3.8, 4) is 0 Å². The fourth-order valence-electron chi connectivity index (χ4n) is 4.92. The molecule has 2 N–H and O–H groups in total. The minimum atomic E-state index is -0.740. The molecule has 2 aliphatic rings. The van der Waals surface area contributed by atoms with Gasteiger partial charge >= 0.3 is 0 Å². The Balaban J connectivity index is 1.31. The molecule has 3 aromatic rings. The maximum atomic E-state index is 12.8. The Labute approximate surface area is 189 Å². The number of rotatable bonds is 5. The summed E-state index contributed by atoms with van der Waals surface area (Å²) in [6, 6.07) is 28.0. The van der Waals surface area contributed by atoms with Crippen LogP contribution in [0.4, 0.5) is 5.69 Å². The molecule has 0 aromatic heterocycles. The minimum Gasteiger partial charge on any atom is -0.385 e. The molecule has 2 heterocycles. The predicted octanol–water partition coefficient (Wildman–Crippen LogP) is 3.92. The monoisotopic (exact) mass is 427 g/mol. The molecule has 2 aliphatic heterocycles. The van der Waals surface area contributed by atoms with E-state index in [-0.39, 0.29) is 12.1 Å². The number of carbonyl (C=O) groups excluding carboxylic acids is 1. The van der Waals surface area contributed by atoms with Crippen molar-refractivity contribution in [2.45, 2.75) is 24.6 Å². The average Bonchev–Trinajstić information content (AvgIpc) is 2.86. The molecule has 5 nitrogen and oxygen atoms in total. The van der Waals surface area contributed by atoms with Gasteiger partial charge in [0.2, 0.25) is 0 Å². The van der Waals surface area contributed by atoms with E-state index in [1.807, 2.05) is 72.8 Å². The number of aliphatic hydroxyl groups is 1. The van der Waals surface area contributed by atoms with Crippen molar-refractivity contribution in [3.63, 3.8) is 0 Å². The zero-order valence-electron chi connectivity index (χ0n) is 18.2. The molecule has 0 bridgehead atoms. The maximum absolute atomic E-state index is 12.8. The average molecular weight is 428 g/mol. The number of para-hydroxylation sites is 1. The van der Waals surface area contributed by atoms with E-state index in [2.05, 4.69) is 27.2 Å². The number of hydrogen-bond donors (Lipinski definition) is 2. The van der Waals surface area contributed by atoms with Gasteiger partial charge in [0, 0.05) is 26.2 Å². The van der Waals surface area contributed by atoms with Crippen LogP contribution in [0.25, 0.3) is 0 Å². The van der Waals surface area contributed by atoms with Gasteiger partial charge in [-0.15, -0.1) is 0 Å². The number of benzene rings is 3. The second-order valence-electron chi connectivity index (χ2n) is 8.74. The van der Waals surface area contributed by atoms with Gasteiger partial charge in [0.25, 0.3) is 5.91 Å². The topological polar surface area (TPSA) is 55.8 Å². The summed E-state index contributed by atoms with van der Waals surface area (Å²) >= 11 is 0. The molecule has 0 saturated carbocycles. The lowest BCUT2D eigenvalue weighted by atomic mass is 9.84. The van der Waals surface area contributed by atoms with Gasteiger partial charge in [0.15, 0.2) is 0 Å². The number of anilines is 1. The molecule has 1 saturated heterocycles. The third-order valence-corrected chi connectivity index (χ3v) is 6.80. The Morgan fingerprint density at radius 2 is 1.47 bits per heavy atom. The van der Waals surface area contributed by atoms with E-state index in [1.165, 1.54) is 0 Å². The summed E-state index contributed by atoms with van der Waals surface area (Å²) in [6.45, 7) is 3.37. The Kier molecular flexibility index (Phi) is 5.68. The molecule has 0 spiro atoms. The smallest absolute Gasteiger partial charge is 0.255 e. The summed E-state index contributed by atoms with van der Waals surface area (Å²) in [5.41, 5.74) is 3.04. The van der Waals surface area contributed by atoms with Crippen molar-refractivity contribution >= 4 is 11.6 Å². The molecule has 32 heavy (non-hydrogen) atoms. The standard InChI is InChI=1S/C27H29N3O2/c31-26-23-13-7-8-14-24(23)30(25(28-26)21-9-3-1-4-10-21)20-19-29-17-15-27(32,16-18-29)22-11-5-2-6-12-22/h1-14,25,32H,15-20H2,(H,28,31). The maximum Gasteiger partial charge on any atom is 0.255 e. The van der Waals surface area contributed by atoms with Crippen LogP contribution in [0.1, 0.15) is 40.5 Å². The fourth-order valence-corrected chi connectivity index (χ4v) is 4.92. The number of nitrogens with zero attached hydrogens (tertiary/aromatic N) is 2. The van der Waals surface area contributed by atoms with Crippen molar-refractivity contribution in [1.29, 1.82) is 0 Å². The van der Waals surface area contributed by atoms with Crippen molar-refractivity contribution < 1.29 is 9.90 Å². The molecule has 1 amide bonds. The van der Waals surface area contributed by atoms with Gasteiger partial charge in [-0.2, -0.15) is 0 Å². The minimum absolute atomic E-state index is 0.0309. The van der Waals surface area contributed by atoms with Gasteiger partial charge in [-0.3, -0.25) is 4.79 Å². The summed E-state index contributed by atoms with van der Waals surface area (Å²) < 4.78 is 0. The third-order valence-electron chi connectivity index (χ3n) is 6.80. The molecule has 164 valence electrons. The highest BCUT2D eigenvalue weighted by atomic mass is 16.3. The lowest BCUT2D eigenvalue weighted by Crippen LogP contribution is -2.50. The Morgan fingerprint density at radius 1 is 0.844 bits per heavy atom. The van der Waals surface area contributed by atoms with E-state index in [9.17, 15) is 9.90 Å². The van der Waals surface area contributed by atoms with Crippen LogP contribution in [-0.4, -0.2) is 42.1 Å². The molecular formula is C27H29N3O2. The van der Waals surface area contributed by atoms with E-state index in [0.717, 1.165) is 61.4 Å². The number of carbonyl (C=O) groups is 1. The van der Waals surface area contributed by atoms with E-state index < -0.39 is 5.60 Å². The summed E-state index contributed by atoms with van der Waals surface area (Å²) in [7, 11) is 0. The second kappa shape index (κ2) is 8.77. The first-order chi connectivity index (χ1) is 15.6. The van der Waals surface area contributed by atoms with Gasteiger partial charge in [-0.1, -0.05) is 72.8 Å². The van der Waals surface area contributed by atoms with Crippen molar-refractivity contribution in [3.05, 3.63) is 102 Å². The SMILES string of the molecule is O=C1NC(c2ccccc2)N(CCN2CCC(O)(c3ccccc3)CC2)c2ccccc21. The first-order valence-electron chi connectivity index (χ1n) is 11.4. The van der Waals surface area contributed by atoms with Gasteiger partial charge in [-0.25, -0.2) is 0 Å². The number of hydrogen-bond acceptors (Lipinski definition) is 4. The van der Waals surface area contributed by atoms with Crippen molar-refractivity contribution in [1.82, 2.24) is 10.2 Å². The summed E-state index contributed by atoms with van der Waals surface area (Å²) in [6.07, 6.45) is 1.27. The van der Waals surface area contributed by atoms with Gasteiger partial charge in [0.1, 0.15) is 6.17 Å². The van der Waals surface area contributed by atoms with Gasteiger partial charge < -0.3 is 20.2 Å². The van der Waals surface area contributed by atoms with E-state index >= 15 is 0 Å². The predicted molar refractivity (Wildman–Crippen MR) is 126 cm³/mol. The molecule has 3 aromatic carbocycles. The van der Waals surface area contributed by atoms with E-state index in [0.29, 0.717) is 0 Å². The molecule has 0 radical (unpaired) electrons. The van der Waals surface area contributed by atoms with E-state index in [4.69, 9.17) is 0 Å². The zero-order valence-corrected chi connectivity index (χ0v) is 18.2. The Hall–Kier alpha value is -3.15. The normalized spacial score (nSPS) is 20.5. The quantitative estimate of drug-likeness (QED) is 0.648. The molecule has 1 atom stereocenters. The molecule has 1 fully saturated rings. The van der Waals surface area contributed by atoms with Crippen LogP contribution in [0, 0.1) is 0 Å². The summed E-state index contributed by atoms with van der Waals surface area (Å²) in [5, 5.41) is 14.3. The van der Waals surface area contributed by atoms with Crippen LogP contribution in [0.15, 0.2) is 84.9 Å². The zero-order chi connectivity index (χ0) is 22.0. The van der Waals surface area contributed by atoms with Crippen LogP contribution in [0.2, 0.25) is 0 Å². The molecule has 5 rings (SSSR count). The Morgan fingerprint density at radius 3 is 2.19 bits per heavy atom. The van der Waals surface area contributed by atoms with Gasteiger partial charge in [-0.05, 0) is 36.1 Å². The summed E-state index contributed by atoms with van der Waals surface area (Å²) in [4.78, 5) is 17.5. The molecule has 0 aliphatic carbocycles. The Bertz CT molecular complexity index is 1060. The van der Waals surface area contributed by atoms with E-state index in [1.54, 1.807) is 0 Å².